The van der Waals surface area contributed by atoms with Gasteiger partial charge in [0.25, 0.3) is 0 Å². The lowest BCUT2D eigenvalue weighted by molar-refractivity contribution is -0.134. The Morgan fingerprint density at radius 2 is 2.06 bits per heavy atom. The first kappa shape index (κ1) is 15.4. The van der Waals surface area contributed by atoms with Crippen LogP contribution in [0.3, 0.4) is 0 Å². The van der Waals surface area contributed by atoms with Gasteiger partial charge in [-0.1, -0.05) is 13.8 Å². The molecule has 0 aliphatic carbocycles. The number of likely N-dealkylation sites (tertiary alicyclic amines) is 1. The molecule has 2 N–H and O–H groups in total. The first-order valence-electron chi connectivity index (χ1n) is 7.06. The standard InChI is InChI=1S/C14H29N3O/c1-10(2)16(5)14(18)9-17-8-11(3)6-12(4)13(17)7-15/h10-13H,6-9,15H2,1-5H3. The van der Waals surface area contributed by atoms with Gasteiger partial charge in [-0.05, 0) is 32.1 Å². The van der Waals surface area contributed by atoms with Crippen LogP contribution in [0.4, 0.5) is 0 Å². The number of piperidine rings is 1. The van der Waals surface area contributed by atoms with Crippen molar-refractivity contribution in [2.75, 3.05) is 26.7 Å². The molecule has 18 heavy (non-hydrogen) atoms. The van der Waals surface area contributed by atoms with Crippen LogP contribution in [0.1, 0.15) is 34.1 Å². The Labute approximate surface area is 111 Å². The molecule has 4 heteroatoms. The molecular weight excluding hydrogens is 226 g/mol. The van der Waals surface area contributed by atoms with Gasteiger partial charge < -0.3 is 10.6 Å². The maximum absolute atomic E-state index is 12.2. The molecule has 1 heterocycles. The van der Waals surface area contributed by atoms with Crippen LogP contribution in [-0.4, -0.2) is 54.5 Å². The van der Waals surface area contributed by atoms with E-state index in [1.165, 1.54) is 6.42 Å². The van der Waals surface area contributed by atoms with Crippen molar-refractivity contribution in [3.63, 3.8) is 0 Å². The predicted octanol–water partition coefficient (Wildman–Crippen LogP) is 1.16. The van der Waals surface area contributed by atoms with E-state index in [9.17, 15) is 4.79 Å². The van der Waals surface area contributed by atoms with Crippen LogP contribution in [0.5, 0.6) is 0 Å². The van der Waals surface area contributed by atoms with E-state index >= 15 is 0 Å². The highest BCUT2D eigenvalue weighted by Crippen LogP contribution is 2.26. The molecule has 0 aromatic carbocycles. The van der Waals surface area contributed by atoms with Crippen molar-refractivity contribution in [1.29, 1.82) is 0 Å². The van der Waals surface area contributed by atoms with Gasteiger partial charge in [0.15, 0.2) is 0 Å². The zero-order chi connectivity index (χ0) is 13.9. The van der Waals surface area contributed by atoms with E-state index in [2.05, 4.69) is 18.7 Å². The van der Waals surface area contributed by atoms with Crippen molar-refractivity contribution < 1.29 is 4.79 Å². The van der Waals surface area contributed by atoms with E-state index in [0.717, 1.165) is 6.54 Å². The lowest BCUT2D eigenvalue weighted by Crippen LogP contribution is -2.54. The van der Waals surface area contributed by atoms with Gasteiger partial charge in [0.2, 0.25) is 5.91 Å². The summed E-state index contributed by atoms with van der Waals surface area (Å²) in [5.41, 5.74) is 5.87. The van der Waals surface area contributed by atoms with Crippen molar-refractivity contribution in [1.82, 2.24) is 9.80 Å². The highest BCUT2D eigenvalue weighted by Gasteiger charge is 2.32. The molecule has 1 rings (SSSR count). The van der Waals surface area contributed by atoms with Crippen molar-refractivity contribution in [3.05, 3.63) is 0 Å². The Balaban J connectivity index is 2.65. The van der Waals surface area contributed by atoms with Gasteiger partial charge in [0.1, 0.15) is 0 Å². The average molecular weight is 255 g/mol. The van der Waals surface area contributed by atoms with Gasteiger partial charge in [-0.25, -0.2) is 0 Å². The molecule has 0 aromatic heterocycles. The quantitative estimate of drug-likeness (QED) is 0.820. The molecule has 1 aliphatic rings. The van der Waals surface area contributed by atoms with Crippen LogP contribution < -0.4 is 5.73 Å². The zero-order valence-electron chi connectivity index (χ0n) is 12.5. The van der Waals surface area contributed by atoms with Crippen molar-refractivity contribution in [2.45, 2.75) is 46.2 Å². The summed E-state index contributed by atoms with van der Waals surface area (Å²) in [5.74, 6) is 1.43. The Bertz CT molecular complexity index is 280. The largest absolute Gasteiger partial charge is 0.342 e. The van der Waals surface area contributed by atoms with Gasteiger partial charge in [-0.2, -0.15) is 0 Å². The minimum Gasteiger partial charge on any atom is -0.342 e. The molecule has 1 fully saturated rings. The van der Waals surface area contributed by atoms with Gasteiger partial charge in [0.05, 0.1) is 6.54 Å². The zero-order valence-corrected chi connectivity index (χ0v) is 12.5. The van der Waals surface area contributed by atoms with Crippen molar-refractivity contribution in [2.24, 2.45) is 17.6 Å². The highest BCUT2D eigenvalue weighted by atomic mass is 16.2. The summed E-state index contributed by atoms with van der Waals surface area (Å²) in [6, 6.07) is 0.610. The SMILES string of the molecule is CC1CC(C)C(CN)N(CC(=O)N(C)C(C)C)C1. The lowest BCUT2D eigenvalue weighted by atomic mass is 9.85. The third kappa shape index (κ3) is 3.69. The molecule has 0 radical (unpaired) electrons. The van der Waals surface area contributed by atoms with Crippen molar-refractivity contribution in [3.8, 4) is 0 Å². The molecule has 1 aliphatic heterocycles. The number of carbonyl (C=O) groups is 1. The molecule has 0 saturated carbocycles. The number of likely N-dealkylation sites (N-methyl/N-ethyl adjacent to an activating group) is 1. The summed E-state index contributed by atoms with van der Waals surface area (Å²) in [7, 11) is 1.88. The molecule has 0 bridgehead atoms. The van der Waals surface area contributed by atoms with E-state index in [4.69, 9.17) is 5.73 Å². The van der Waals surface area contributed by atoms with Crippen molar-refractivity contribution >= 4 is 5.91 Å². The van der Waals surface area contributed by atoms with Crippen LogP contribution in [0.15, 0.2) is 0 Å². The highest BCUT2D eigenvalue weighted by molar-refractivity contribution is 5.78. The van der Waals surface area contributed by atoms with Gasteiger partial charge >= 0.3 is 0 Å². The monoisotopic (exact) mass is 255 g/mol. The Morgan fingerprint density at radius 3 is 2.56 bits per heavy atom. The van der Waals surface area contributed by atoms with E-state index in [-0.39, 0.29) is 11.9 Å². The van der Waals surface area contributed by atoms with Gasteiger partial charge in [-0.15, -0.1) is 0 Å². The topological polar surface area (TPSA) is 49.6 Å². The fraction of sp³-hybridized carbons (Fsp3) is 0.929. The molecule has 1 amide bonds. The Hall–Kier alpha value is -0.610. The molecule has 0 spiro atoms. The summed E-state index contributed by atoms with van der Waals surface area (Å²) in [6.07, 6.45) is 1.21. The molecule has 3 unspecified atom stereocenters. The maximum Gasteiger partial charge on any atom is 0.236 e. The molecule has 1 saturated heterocycles. The second kappa shape index (κ2) is 6.53. The normalized spacial score (nSPS) is 29.6. The summed E-state index contributed by atoms with van der Waals surface area (Å²) in [5, 5.41) is 0. The number of hydrogen-bond donors (Lipinski definition) is 1. The number of amides is 1. The maximum atomic E-state index is 12.2. The smallest absolute Gasteiger partial charge is 0.236 e. The van der Waals surface area contributed by atoms with Crippen LogP contribution in [0.25, 0.3) is 0 Å². The number of nitrogens with two attached hydrogens (primary N) is 1. The molecule has 4 nitrogen and oxygen atoms in total. The average Bonchev–Trinajstić information content (AvgIpc) is 2.27. The number of nitrogens with zero attached hydrogens (tertiary/aromatic N) is 2. The second-order valence-electron chi connectivity index (χ2n) is 6.15. The summed E-state index contributed by atoms with van der Waals surface area (Å²) < 4.78 is 0. The third-order valence-corrected chi connectivity index (χ3v) is 4.19. The minimum absolute atomic E-state index is 0.199. The summed E-state index contributed by atoms with van der Waals surface area (Å²) in [4.78, 5) is 16.3. The second-order valence-corrected chi connectivity index (χ2v) is 6.15. The Kier molecular flexibility index (Phi) is 5.60. The predicted molar refractivity (Wildman–Crippen MR) is 75.3 cm³/mol. The molecular formula is C14H29N3O. The summed E-state index contributed by atoms with van der Waals surface area (Å²) >= 11 is 0. The van der Waals surface area contributed by atoms with E-state index in [1.807, 2.05) is 25.8 Å². The van der Waals surface area contributed by atoms with Crippen LogP contribution >= 0.6 is 0 Å². The fourth-order valence-corrected chi connectivity index (χ4v) is 2.90. The fourth-order valence-electron chi connectivity index (χ4n) is 2.90. The van der Waals surface area contributed by atoms with Crippen LogP contribution in [0.2, 0.25) is 0 Å². The summed E-state index contributed by atoms with van der Waals surface area (Å²) in [6.45, 7) is 10.7. The van der Waals surface area contributed by atoms with Crippen LogP contribution in [-0.2, 0) is 4.79 Å². The lowest BCUT2D eigenvalue weighted by Gasteiger charge is -2.42. The Morgan fingerprint density at radius 1 is 1.44 bits per heavy atom. The molecule has 106 valence electrons. The first-order chi connectivity index (χ1) is 8.36. The van der Waals surface area contributed by atoms with Gasteiger partial charge in [-0.3, -0.25) is 9.69 Å². The minimum atomic E-state index is 0.199. The van der Waals surface area contributed by atoms with Crippen LogP contribution in [0, 0.1) is 11.8 Å². The van der Waals surface area contributed by atoms with E-state index < -0.39 is 0 Å². The third-order valence-electron chi connectivity index (χ3n) is 4.19. The van der Waals surface area contributed by atoms with Gasteiger partial charge in [0, 0.05) is 32.2 Å². The number of carbonyl (C=O) groups excluding carboxylic acids is 1. The number of hydrogen-bond acceptors (Lipinski definition) is 3. The first-order valence-corrected chi connectivity index (χ1v) is 7.06. The number of rotatable bonds is 4. The molecule has 3 atom stereocenters. The van der Waals surface area contributed by atoms with E-state index in [0.29, 0.717) is 31.0 Å². The van der Waals surface area contributed by atoms with E-state index in [1.54, 1.807) is 0 Å². The molecule has 0 aromatic rings.